The Morgan fingerprint density at radius 1 is 1.56 bits per heavy atom. The van der Waals surface area contributed by atoms with Crippen molar-refractivity contribution in [2.24, 2.45) is 0 Å². The van der Waals surface area contributed by atoms with Gasteiger partial charge in [-0.3, -0.25) is 0 Å². The molecular formula is C11H12ClN3O. The molecule has 0 bridgehead atoms. The van der Waals surface area contributed by atoms with Crippen LogP contribution < -0.4 is 10.6 Å². The van der Waals surface area contributed by atoms with E-state index < -0.39 is 0 Å². The minimum Gasteiger partial charge on any atom is -0.472 e. The summed E-state index contributed by atoms with van der Waals surface area (Å²) in [6.45, 7) is 0.690. The minimum atomic E-state index is 0.540. The second-order valence-electron chi connectivity index (χ2n) is 3.55. The number of pyridine rings is 1. The van der Waals surface area contributed by atoms with Crippen LogP contribution >= 0.6 is 11.6 Å². The van der Waals surface area contributed by atoms with E-state index in [-0.39, 0.29) is 0 Å². The first-order valence-electron chi connectivity index (χ1n) is 4.80. The van der Waals surface area contributed by atoms with E-state index >= 15 is 0 Å². The average Bonchev–Trinajstić information content (AvgIpc) is 2.70. The van der Waals surface area contributed by atoms with Crippen LogP contribution in [0.5, 0.6) is 0 Å². The van der Waals surface area contributed by atoms with Crippen LogP contribution in [-0.4, -0.2) is 12.0 Å². The molecule has 0 saturated heterocycles. The SMILES string of the molecule is CN(Cc1ccoc1)c1ncc(Cl)cc1N. The highest BCUT2D eigenvalue weighted by Gasteiger charge is 2.08. The molecule has 2 rings (SSSR count). The molecule has 0 fully saturated rings. The first-order valence-corrected chi connectivity index (χ1v) is 5.18. The van der Waals surface area contributed by atoms with E-state index in [4.69, 9.17) is 21.8 Å². The van der Waals surface area contributed by atoms with Crippen molar-refractivity contribution in [3.8, 4) is 0 Å². The van der Waals surface area contributed by atoms with Crippen molar-refractivity contribution in [3.63, 3.8) is 0 Å². The summed E-state index contributed by atoms with van der Waals surface area (Å²) in [5, 5.41) is 0.540. The van der Waals surface area contributed by atoms with E-state index in [0.29, 0.717) is 23.1 Å². The molecule has 2 aromatic heterocycles. The Balaban J connectivity index is 2.17. The molecule has 0 aliphatic heterocycles. The Kier molecular flexibility index (Phi) is 3.01. The Labute approximate surface area is 98.6 Å². The molecule has 0 amide bonds. The normalized spacial score (nSPS) is 10.4. The van der Waals surface area contributed by atoms with Crippen LogP contribution in [0.1, 0.15) is 5.56 Å². The molecule has 2 N–H and O–H groups in total. The highest BCUT2D eigenvalue weighted by Crippen LogP contribution is 2.23. The fourth-order valence-corrected chi connectivity index (χ4v) is 1.66. The van der Waals surface area contributed by atoms with Crippen LogP contribution in [-0.2, 0) is 6.54 Å². The van der Waals surface area contributed by atoms with Crippen LogP contribution in [0.25, 0.3) is 0 Å². The molecule has 0 atom stereocenters. The van der Waals surface area contributed by atoms with Gasteiger partial charge in [0.2, 0.25) is 0 Å². The number of furan rings is 1. The number of nitrogens with two attached hydrogens (primary N) is 1. The van der Waals surface area contributed by atoms with Gasteiger partial charge in [0.15, 0.2) is 5.82 Å². The number of rotatable bonds is 3. The fraction of sp³-hybridized carbons (Fsp3) is 0.182. The van der Waals surface area contributed by atoms with E-state index in [1.165, 1.54) is 0 Å². The molecule has 0 aliphatic rings. The topological polar surface area (TPSA) is 55.3 Å². The van der Waals surface area contributed by atoms with Crippen molar-refractivity contribution < 1.29 is 4.42 Å². The molecule has 4 nitrogen and oxygen atoms in total. The first kappa shape index (κ1) is 10.8. The molecule has 0 saturated carbocycles. The van der Waals surface area contributed by atoms with Crippen LogP contribution in [0.4, 0.5) is 11.5 Å². The second-order valence-corrected chi connectivity index (χ2v) is 3.99. The monoisotopic (exact) mass is 237 g/mol. The van der Waals surface area contributed by atoms with Crippen molar-refractivity contribution in [2.75, 3.05) is 17.7 Å². The smallest absolute Gasteiger partial charge is 0.151 e. The maximum atomic E-state index is 5.84. The molecule has 0 unspecified atom stereocenters. The summed E-state index contributed by atoms with van der Waals surface area (Å²) < 4.78 is 5.00. The van der Waals surface area contributed by atoms with Gasteiger partial charge in [-0.05, 0) is 12.1 Å². The zero-order valence-corrected chi connectivity index (χ0v) is 9.61. The van der Waals surface area contributed by atoms with Gasteiger partial charge in [0, 0.05) is 25.4 Å². The molecular weight excluding hydrogens is 226 g/mol. The molecule has 2 aromatic rings. The van der Waals surface area contributed by atoms with Crippen LogP contribution in [0, 0.1) is 0 Å². The van der Waals surface area contributed by atoms with Gasteiger partial charge in [-0.1, -0.05) is 11.6 Å². The van der Waals surface area contributed by atoms with Crippen molar-refractivity contribution in [3.05, 3.63) is 41.4 Å². The standard InChI is InChI=1S/C11H12ClN3O/c1-15(6-8-2-3-16-7-8)11-10(13)4-9(12)5-14-11/h2-5,7H,6,13H2,1H3. The predicted molar refractivity (Wildman–Crippen MR) is 64.5 cm³/mol. The van der Waals surface area contributed by atoms with Crippen LogP contribution in [0.15, 0.2) is 35.3 Å². The molecule has 5 heteroatoms. The zero-order valence-electron chi connectivity index (χ0n) is 8.85. The molecule has 0 aliphatic carbocycles. The predicted octanol–water partition coefficient (Wildman–Crippen LogP) is 2.55. The number of halogens is 1. The average molecular weight is 238 g/mol. The summed E-state index contributed by atoms with van der Waals surface area (Å²) in [6, 6.07) is 3.60. The van der Waals surface area contributed by atoms with Crippen molar-refractivity contribution in [1.29, 1.82) is 0 Å². The van der Waals surface area contributed by atoms with Gasteiger partial charge in [0.05, 0.1) is 23.2 Å². The molecule has 2 heterocycles. The highest BCUT2D eigenvalue weighted by molar-refractivity contribution is 6.30. The molecule has 0 radical (unpaired) electrons. The van der Waals surface area contributed by atoms with E-state index in [0.717, 1.165) is 5.56 Å². The van der Waals surface area contributed by atoms with Gasteiger partial charge in [-0.2, -0.15) is 0 Å². The van der Waals surface area contributed by atoms with Gasteiger partial charge in [-0.15, -0.1) is 0 Å². The molecule has 16 heavy (non-hydrogen) atoms. The molecule has 0 aromatic carbocycles. The van der Waals surface area contributed by atoms with Gasteiger partial charge in [-0.25, -0.2) is 4.98 Å². The first-order chi connectivity index (χ1) is 7.66. The maximum absolute atomic E-state index is 5.84. The Morgan fingerprint density at radius 3 is 3.00 bits per heavy atom. The Bertz CT molecular complexity index is 470. The lowest BCUT2D eigenvalue weighted by Gasteiger charge is -2.18. The highest BCUT2D eigenvalue weighted by atomic mass is 35.5. The lowest BCUT2D eigenvalue weighted by molar-refractivity contribution is 0.563. The number of hydrogen-bond donors (Lipinski definition) is 1. The summed E-state index contributed by atoms with van der Waals surface area (Å²) in [7, 11) is 1.92. The number of anilines is 2. The third-order valence-corrected chi connectivity index (χ3v) is 2.43. The molecule has 84 valence electrons. The Morgan fingerprint density at radius 2 is 2.38 bits per heavy atom. The summed E-state index contributed by atoms with van der Waals surface area (Å²) in [5.41, 5.74) is 7.48. The van der Waals surface area contributed by atoms with E-state index in [1.54, 1.807) is 24.8 Å². The van der Waals surface area contributed by atoms with E-state index in [1.807, 2.05) is 18.0 Å². The summed E-state index contributed by atoms with van der Waals surface area (Å²) in [5.74, 6) is 0.714. The summed E-state index contributed by atoms with van der Waals surface area (Å²) in [6.07, 6.45) is 4.92. The Hall–Kier alpha value is -1.68. The zero-order chi connectivity index (χ0) is 11.5. The lowest BCUT2D eigenvalue weighted by atomic mass is 10.3. The number of aromatic nitrogens is 1. The molecule has 0 spiro atoms. The van der Waals surface area contributed by atoms with Gasteiger partial charge < -0.3 is 15.1 Å². The van der Waals surface area contributed by atoms with Gasteiger partial charge >= 0.3 is 0 Å². The third kappa shape index (κ3) is 2.28. The van der Waals surface area contributed by atoms with Crippen molar-refractivity contribution >= 4 is 23.1 Å². The largest absolute Gasteiger partial charge is 0.472 e. The van der Waals surface area contributed by atoms with Crippen LogP contribution in [0.3, 0.4) is 0 Å². The van der Waals surface area contributed by atoms with E-state index in [9.17, 15) is 0 Å². The summed E-state index contributed by atoms with van der Waals surface area (Å²) >= 11 is 5.79. The van der Waals surface area contributed by atoms with Gasteiger partial charge in [0.25, 0.3) is 0 Å². The maximum Gasteiger partial charge on any atom is 0.151 e. The van der Waals surface area contributed by atoms with Crippen molar-refractivity contribution in [2.45, 2.75) is 6.54 Å². The van der Waals surface area contributed by atoms with Crippen LogP contribution in [0.2, 0.25) is 5.02 Å². The van der Waals surface area contributed by atoms with Crippen molar-refractivity contribution in [1.82, 2.24) is 4.98 Å². The lowest BCUT2D eigenvalue weighted by Crippen LogP contribution is -2.18. The van der Waals surface area contributed by atoms with E-state index in [2.05, 4.69) is 4.98 Å². The summed E-state index contributed by atoms with van der Waals surface area (Å²) in [4.78, 5) is 6.14. The number of hydrogen-bond acceptors (Lipinski definition) is 4. The number of nitrogen functional groups attached to an aromatic ring is 1. The van der Waals surface area contributed by atoms with Gasteiger partial charge in [0.1, 0.15) is 0 Å². The third-order valence-electron chi connectivity index (χ3n) is 2.22. The fourth-order valence-electron chi connectivity index (χ4n) is 1.50. The second kappa shape index (κ2) is 4.45. The minimum absolute atomic E-state index is 0.540. The number of nitrogens with zero attached hydrogens (tertiary/aromatic N) is 2. The quantitative estimate of drug-likeness (QED) is 0.891.